The Morgan fingerprint density at radius 2 is 2.50 bits per heavy atom. The van der Waals surface area contributed by atoms with Gasteiger partial charge in [0, 0.05) is 5.75 Å². The number of nitrogens with zero attached hydrogens (tertiary/aromatic N) is 2. The Balaban J connectivity index is 1.79. The second-order valence-electron chi connectivity index (χ2n) is 3.86. The minimum absolute atomic E-state index is 0.338. The molecule has 108 valence electrons. The lowest BCUT2D eigenvalue weighted by atomic mass is 10.4. The Labute approximate surface area is 124 Å². The maximum atomic E-state index is 11.3. The highest BCUT2D eigenvalue weighted by molar-refractivity contribution is 7.98. The summed E-state index contributed by atoms with van der Waals surface area (Å²) in [4.78, 5) is 16.6. The maximum Gasteiger partial charge on any atom is 0.323 e. The van der Waals surface area contributed by atoms with E-state index in [1.54, 1.807) is 18.3 Å². The van der Waals surface area contributed by atoms with E-state index in [-0.39, 0.29) is 5.97 Å². The van der Waals surface area contributed by atoms with Crippen LogP contribution in [0.4, 0.5) is 0 Å². The Morgan fingerprint density at radius 1 is 1.65 bits per heavy atom. The molecule has 0 aliphatic carbocycles. The summed E-state index contributed by atoms with van der Waals surface area (Å²) in [5.74, 6) is 1.70. The van der Waals surface area contributed by atoms with Crippen LogP contribution < -0.4 is 5.73 Å². The average Bonchev–Trinajstić information content (AvgIpc) is 3.09. The van der Waals surface area contributed by atoms with Crippen LogP contribution in [0.25, 0.3) is 10.7 Å². The molecule has 0 aliphatic heterocycles. The molecule has 0 fully saturated rings. The van der Waals surface area contributed by atoms with Gasteiger partial charge in [-0.2, -0.15) is 4.98 Å². The minimum atomic E-state index is -0.625. The zero-order valence-electron chi connectivity index (χ0n) is 10.9. The van der Waals surface area contributed by atoms with Crippen molar-refractivity contribution in [3.05, 3.63) is 23.4 Å². The molecule has 0 bridgehead atoms. The van der Waals surface area contributed by atoms with Crippen LogP contribution >= 0.6 is 23.1 Å². The van der Waals surface area contributed by atoms with Crippen LogP contribution in [0.15, 0.2) is 22.0 Å². The largest absolute Gasteiger partial charge is 0.465 e. The van der Waals surface area contributed by atoms with Crippen molar-refractivity contribution < 1.29 is 14.1 Å². The van der Waals surface area contributed by atoms with E-state index < -0.39 is 6.04 Å². The van der Waals surface area contributed by atoms with Gasteiger partial charge in [0.25, 0.3) is 0 Å². The van der Waals surface area contributed by atoms with Gasteiger partial charge in [-0.25, -0.2) is 0 Å². The van der Waals surface area contributed by atoms with Gasteiger partial charge in [0.1, 0.15) is 6.04 Å². The molecule has 20 heavy (non-hydrogen) atoms. The molecule has 0 saturated heterocycles. The molecule has 2 aromatic heterocycles. The van der Waals surface area contributed by atoms with Crippen molar-refractivity contribution in [3.63, 3.8) is 0 Å². The Hall–Kier alpha value is -1.38. The molecular formula is C12H15N3O3S2. The van der Waals surface area contributed by atoms with Gasteiger partial charge in [-0.05, 0) is 18.4 Å². The third kappa shape index (κ3) is 4.06. The van der Waals surface area contributed by atoms with Gasteiger partial charge < -0.3 is 15.0 Å². The van der Waals surface area contributed by atoms with E-state index in [9.17, 15) is 4.79 Å². The third-order valence-electron chi connectivity index (χ3n) is 2.32. The number of thioether (sulfide) groups is 1. The number of nitrogens with two attached hydrogens (primary N) is 1. The summed E-state index contributed by atoms with van der Waals surface area (Å²) in [5.41, 5.74) is 5.69. The summed E-state index contributed by atoms with van der Waals surface area (Å²) < 4.78 is 9.98. The van der Waals surface area contributed by atoms with Crippen molar-refractivity contribution in [1.29, 1.82) is 0 Å². The van der Waals surface area contributed by atoms with Crippen LogP contribution in [0.5, 0.6) is 0 Å². The summed E-state index contributed by atoms with van der Waals surface area (Å²) in [6.45, 7) is 2.09. The molecular weight excluding hydrogens is 298 g/mol. The molecule has 6 nitrogen and oxygen atoms in total. The van der Waals surface area contributed by atoms with E-state index in [2.05, 4.69) is 10.1 Å². The van der Waals surface area contributed by atoms with Gasteiger partial charge in [-0.1, -0.05) is 11.2 Å². The topological polar surface area (TPSA) is 91.2 Å². The molecule has 0 spiro atoms. The number of carbonyl (C=O) groups excluding carboxylic acids is 1. The highest BCUT2D eigenvalue weighted by Gasteiger charge is 2.15. The first kappa shape index (κ1) is 15.0. The van der Waals surface area contributed by atoms with Crippen LogP contribution in [0.2, 0.25) is 0 Å². The molecule has 0 radical (unpaired) electrons. The summed E-state index contributed by atoms with van der Waals surface area (Å²) in [7, 11) is 0. The van der Waals surface area contributed by atoms with E-state index in [0.717, 1.165) is 4.88 Å². The number of rotatable bonds is 7. The van der Waals surface area contributed by atoms with E-state index >= 15 is 0 Å². The van der Waals surface area contributed by atoms with Gasteiger partial charge in [0.2, 0.25) is 11.7 Å². The second-order valence-corrected chi connectivity index (χ2v) is 5.84. The first-order chi connectivity index (χ1) is 9.70. The molecule has 1 atom stereocenters. The van der Waals surface area contributed by atoms with Crippen LogP contribution in [0.3, 0.4) is 0 Å². The maximum absolute atomic E-state index is 11.3. The van der Waals surface area contributed by atoms with Crippen LogP contribution in [0.1, 0.15) is 12.8 Å². The van der Waals surface area contributed by atoms with Crippen LogP contribution in [0, 0.1) is 0 Å². The van der Waals surface area contributed by atoms with Crippen molar-refractivity contribution in [1.82, 2.24) is 10.1 Å². The highest BCUT2D eigenvalue weighted by atomic mass is 32.2. The fraction of sp³-hybridized carbons (Fsp3) is 0.417. The zero-order valence-corrected chi connectivity index (χ0v) is 12.6. The number of esters is 1. The number of aromatic nitrogens is 2. The van der Waals surface area contributed by atoms with Crippen LogP contribution in [-0.2, 0) is 15.3 Å². The molecule has 0 saturated carbocycles. The van der Waals surface area contributed by atoms with E-state index in [4.69, 9.17) is 15.0 Å². The number of ether oxygens (including phenoxy) is 1. The van der Waals surface area contributed by atoms with Crippen molar-refractivity contribution in [2.75, 3.05) is 12.4 Å². The number of carbonyl (C=O) groups is 1. The van der Waals surface area contributed by atoms with Gasteiger partial charge in [-0.15, -0.1) is 23.1 Å². The Kier molecular flexibility index (Phi) is 5.57. The van der Waals surface area contributed by atoms with Crippen molar-refractivity contribution in [3.8, 4) is 10.7 Å². The minimum Gasteiger partial charge on any atom is -0.465 e. The third-order valence-corrected chi connectivity index (χ3v) is 4.23. The second kappa shape index (κ2) is 7.41. The van der Waals surface area contributed by atoms with Crippen molar-refractivity contribution >= 4 is 29.1 Å². The number of thiophene rings is 1. The molecule has 2 N–H and O–H groups in total. The first-order valence-electron chi connectivity index (χ1n) is 6.07. The van der Waals surface area contributed by atoms with Crippen molar-refractivity contribution in [2.24, 2.45) is 5.73 Å². The molecule has 8 heteroatoms. The van der Waals surface area contributed by atoms with Gasteiger partial charge in [0.05, 0.1) is 17.2 Å². The molecule has 2 aromatic rings. The van der Waals surface area contributed by atoms with E-state index in [0.29, 0.717) is 29.8 Å². The Bertz CT molecular complexity index is 542. The first-order valence-corrected chi connectivity index (χ1v) is 8.10. The van der Waals surface area contributed by atoms with E-state index in [1.165, 1.54) is 11.8 Å². The predicted octanol–water partition coefficient (Wildman–Crippen LogP) is 1.92. The number of hydrogen-bond acceptors (Lipinski definition) is 8. The Morgan fingerprint density at radius 3 is 3.20 bits per heavy atom. The number of hydrogen-bond donors (Lipinski definition) is 1. The lowest BCUT2D eigenvalue weighted by Crippen LogP contribution is -2.34. The fourth-order valence-electron chi connectivity index (χ4n) is 1.41. The fourth-order valence-corrected chi connectivity index (χ4v) is 2.86. The predicted molar refractivity (Wildman–Crippen MR) is 78.4 cm³/mol. The molecule has 1 unspecified atom stereocenters. The van der Waals surface area contributed by atoms with Gasteiger partial charge >= 0.3 is 5.97 Å². The molecule has 0 aromatic carbocycles. The lowest BCUT2D eigenvalue weighted by molar-refractivity contribution is -0.144. The quantitative estimate of drug-likeness (QED) is 0.781. The summed E-state index contributed by atoms with van der Waals surface area (Å²) in [6.07, 6.45) is 0. The van der Waals surface area contributed by atoms with Crippen molar-refractivity contribution in [2.45, 2.75) is 18.7 Å². The summed E-state index contributed by atoms with van der Waals surface area (Å²) in [6, 6.07) is 3.24. The lowest BCUT2D eigenvalue weighted by Gasteiger charge is -2.08. The molecule has 2 rings (SSSR count). The molecule has 2 heterocycles. The monoisotopic (exact) mass is 313 g/mol. The normalized spacial score (nSPS) is 12.3. The zero-order chi connectivity index (χ0) is 14.4. The summed E-state index contributed by atoms with van der Waals surface area (Å²) in [5, 5.41) is 5.87. The summed E-state index contributed by atoms with van der Waals surface area (Å²) >= 11 is 3.02. The molecule has 0 amide bonds. The van der Waals surface area contributed by atoms with Gasteiger partial charge in [0.15, 0.2) is 0 Å². The highest BCUT2D eigenvalue weighted by Crippen LogP contribution is 2.22. The standard InChI is InChI=1S/C12H15N3O3S2/c1-2-17-12(16)8(13)6-19-7-10-14-11(15-18-10)9-4-3-5-20-9/h3-5,8H,2,6-7,13H2,1H3. The molecule has 0 aliphatic rings. The van der Waals surface area contributed by atoms with Gasteiger partial charge in [-0.3, -0.25) is 4.79 Å². The van der Waals surface area contributed by atoms with Crippen LogP contribution in [-0.4, -0.2) is 34.5 Å². The smallest absolute Gasteiger partial charge is 0.323 e. The average molecular weight is 313 g/mol. The SMILES string of the molecule is CCOC(=O)C(N)CSCc1nc(-c2cccs2)no1. The van der Waals surface area contributed by atoms with E-state index in [1.807, 2.05) is 17.5 Å².